The Morgan fingerprint density at radius 1 is 1.00 bits per heavy atom. The van der Waals surface area contributed by atoms with Gasteiger partial charge < -0.3 is 11.1 Å². The molecule has 3 aromatic carbocycles. The van der Waals surface area contributed by atoms with Gasteiger partial charge in [-0.15, -0.1) is 0 Å². The predicted octanol–water partition coefficient (Wildman–Crippen LogP) is 5.38. The van der Waals surface area contributed by atoms with E-state index in [2.05, 4.69) is 21.2 Å². The first-order chi connectivity index (χ1) is 10.1. The van der Waals surface area contributed by atoms with Crippen LogP contribution in [0.25, 0.3) is 10.8 Å². The number of hydrogen-bond donors (Lipinski definition) is 2. The van der Waals surface area contributed by atoms with Crippen LogP contribution in [0.3, 0.4) is 0 Å². The van der Waals surface area contributed by atoms with E-state index in [1.165, 1.54) is 6.07 Å². The van der Waals surface area contributed by atoms with Crippen LogP contribution in [0.4, 0.5) is 21.5 Å². The van der Waals surface area contributed by atoms with E-state index < -0.39 is 0 Å². The van der Waals surface area contributed by atoms with Crippen molar-refractivity contribution in [2.75, 3.05) is 11.1 Å². The van der Waals surface area contributed by atoms with Gasteiger partial charge in [-0.05, 0) is 42.1 Å². The summed E-state index contributed by atoms with van der Waals surface area (Å²) in [6, 6.07) is 15.1. The molecule has 0 radical (unpaired) electrons. The van der Waals surface area contributed by atoms with E-state index in [1.807, 2.05) is 36.4 Å². The number of nitrogens with one attached hydrogen (secondary N) is 1. The molecule has 0 aliphatic heterocycles. The molecule has 0 saturated carbocycles. The van der Waals surface area contributed by atoms with Crippen LogP contribution in [0.5, 0.6) is 0 Å². The molecule has 0 spiro atoms. The summed E-state index contributed by atoms with van der Waals surface area (Å²) in [6.45, 7) is 1.72. The van der Waals surface area contributed by atoms with E-state index >= 15 is 0 Å². The van der Waals surface area contributed by atoms with Crippen LogP contribution in [-0.4, -0.2) is 0 Å². The summed E-state index contributed by atoms with van der Waals surface area (Å²) < 4.78 is 14.5. The first-order valence-electron chi connectivity index (χ1n) is 6.56. The lowest BCUT2D eigenvalue weighted by atomic mass is 10.1. The van der Waals surface area contributed by atoms with Gasteiger partial charge in [0.1, 0.15) is 5.82 Å². The molecular weight excluding hydrogens is 331 g/mol. The Labute approximate surface area is 130 Å². The zero-order valence-corrected chi connectivity index (χ0v) is 13.0. The SMILES string of the molecule is Cc1cc(Nc2ccc(Br)c3ccccc23)c(N)cc1F. The number of halogens is 2. The Bertz CT molecular complexity index is 830. The summed E-state index contributed by atoms with van der Waals surface area (Å²) >= 11 is 3.55. The van der Waals surface area contributed by atoms with Crippen LogP contribution in [0.1, 0.15) is 5.56 Å². The summed E-state index contributed by atoms with van der Waals surface area (Å²) in [7, 11) is 0. The van der Waals surface area contributed by atoms with E-state index in [0.29, 0.717) is 16.9 Å². The number of fused-ring (bicyclic) bond motifs is 1. The molecule has 0 heterocycles. The van der Waals surface area contributed by atoms with E-state index in [1.54, 1.807) is 13.0 Å². The highest BCUT2D eigenvalue weighted by molar-refractivity contribution is 9.10. The van der Waals surface area contributed by atoms with E-state index in [4.69, 9.17) is 5.73 Å². The van der Waals surface area contributed by atoms with Gasteiger partial charge in [-0.1, -0.05) is 40.2 Å². The second-order valence-electron chi connectivity index (χ2n) is 4.95. The lowest BCUT2D eigenvalue weighted by molar-refractivity contribution is 0.619. The molecule has 0 unspecified atom stereocenters. The van der Waals surface area contributed by atoms with Gasteiger partial charge in [0.15, 0.2) is 0 Å². The van der Waals surface area contributed by atoms with Gasteiger partial charge in [-0.25, -0.2) is 4.39 Å². The van der Waals surface area contributed by atoms with Crippen LogP contribution in [0, 0.1) is 12.7 Å². The largest absolute Gasteiger partial charge is 0.397 e. The van der Waals surface area contributed by atoms with Gasteiger partial charge in [0.25, 0.3) is 0 Å². The van der Waals surface area contributed by atoms with Crippen LogP contribution in [0.2, 0.25) is 0 Å². The second kappa shape index (κ2) is 5.37. The van der Waals surface area contributed by atoms with Crippen molar-refractivity contribution in [3.8, 4) is 0 Å². The maximum Gasteiger partial charge on any atom is 0.128 e. The van der Waals surface area contributed by atoms with Gasteiger partial charge >= 0.3 is 0 Å². The smallest absolute Gasteiger partial charge is 0.128 e. The minimum atomic E-state index is -0.293. The van der Waals surface area contributed by atoms with Crippen molar-refractivity contribution in [2.45, 2.75) is 6.92 Å². The zero-order chi connectivity index (χ0) is 15.0. The summed E-state index contributed by atoms with van der Waals surface area (Å²) in [4.78, 5) is 0. The van der Waals surface area contributed by atoms with Gasteiger partial charge in [0.2, 0.25) is 0 Å². The van der Waals surface area contributed by atoms with E-state index in [-0.39, 0.29) is 5.82 Å². The Balaban J connectivity index is 2.11. The van der Waals surface area contributed by atoms with E-state index in [0.717, 1.165) is 20.9 Å². The summed E-state index contributed by atoms with van der Waals surface area (Å²) in [6.07, 6.45) is 0. The van der Waals surface area contributed by atoms with Gasteiger partial charge in [0.05, 0.1) is 11.4 Å². The van der Waals surface area contributed by atoms with Crippen molar-refractivity contribution in [3.05, 3.63) is 64.4 Å². The number of nitrogen functional groups attached to an aromatic ring is 1. The molecule has 2 nitrogen and oxygen atoms in total. The zero-order valence-electron chi connectivity index (χ0n) is 11.5. The molecule has 0 aliphatic carbocycles. The molecule has 0 amide bonds. The average Bonchev–Trinajstić information content (AvgIpc) is 2.48. The average molecular weight is 345 g/mol. The van der Waals surface area contributed by atoms with Crippen LogP contribution in [0.15, 0.2) is 53.0 Å². The molecule has 0 fully saturated rings. The lowest BCUT2D eigenvalue weighted by Crippen LogP contribution is -1.99. The highest BCUT2D eigenvalue weighted by atomic mass is 79.9. The third kappa shape index (κ3) is 2.59. The fraction of sp³-hybridized carbons (Fsp3) is 0.0588. The summed E-state index contributed by atoms with van der Waals surface area (Å²) in [5, 5.41) is 5.49. The second-order valence-corrected chi connectivity index (χ2v) is 5.81. The van der Waals surface area contributed by atoms with Crippen LogP contribution in [-0.2, 0) is 0 Å². The third-order valence-corrected chi connectivity index (χ3v) is 4.16. The molecule has 3 aromatic rings. The number of hydrogen-bond acceptors (Lipinski definition) is 2. The highest BCUT2D eigenvalue weighted by Crippen LogP contribution is 2.33. The number of nitrogens with two attached hydrogens (primary N) is 1. The fourth-order valence-corrected chi connectivity index (χ4v) is 2.80. The molecule has 3 rings (SSSR count). The van der Waals surface area contributed by atoms with Crippen molar-refractivity contribution in [1.82, 2.24) is 0 Å². The molecule has 0 bridgehead atoms. The quantitative estimate of drug-likeness (QED) is 0.613. The number of benzene rings is 3. The van der Waals surface area contributed by atoms with E-state index in [9.17, 15) is 4.39 Å². The molecular formula is C17H14BrFN2. The van der Waals surface area contributed by atoms with Crippen LogP contribution < -0.4 is 11.1 Å². The van der Waals surface area contributed by atoms with Crippen molar-refractivity contribution in [3.63, 3.8) is 0 Å². The molecule has 0 aromatic heterocycles. The molecule has 3 N–H and O–H groups in total. The maximum absolute atomic E-state index is 13.5. The van der Waals surface area contributed by atoms with Crippen molar-refractivity contribution < 1.29 is 4.39 Å². The minimum Gasteiger partial charge on any atom is -0.397 e. The standard InChI is InChI=1S/C17H14BrFN2/c1-10-8-17(15(20)9-14(10)19)21-16-7-6-13(18)11-4-2-3-5-12(11)16/h2-9,21H,20H2,1H3. The fourth-order valence-electron chi connectivity index (χ4n) is 2.32. The monoisotopic (exact) mass is 344 g/mol. The van der Waals surface area contributed by atoms with Crippen molar-refractivity contribution in [1.29, 1.82) is 0 Å². The molecule has 21 heavy (non-hydrogen) atoms. The Morgan fingerprint density at radius 2 is 1.71 bits per heavy atom. The maximum atomic E-state index is 13.5. The molecule has 106 valence electrons. The summed E-state index contributed by atoms with van der Waals surface area (Å²) in [5.41, 5.74) is 8.50. The Hall–Kier alpha value is -2.07. The summed E-state index contributed by atoms with van der Waals surface area (Å²) in [5.74, 6) is -0.293. The minimum absolute atomic E-state index is 0.293. The molecule has 0 atom stereocenters. The van der Waals surface area contributed by atoms with Gasteiger partial charge in [0, 0.05) is 15.5 Å². The third-order valence-electron chi connectivity index (χ3n) is 3.47. The Morgan fingerprint density at radius 3 is 2.48 bits per heavy atom. The number of aryl methyl sites for hydroxylation is 1. The molecule has 4 heteroatoms. The van der Waals surface area contributed by atoms with Crippen LogP contribution >= 0.6 is 15.9 Å². The van der Waals surface area contributed by atoms with Gasteiger partial charge in [-0.3, -0.25) is 0 Å². The van der Waals surface area contributed by atoms with Crippen molar-refractivity contribution in [2.24, 2.45) is 0 Å². The van der Waals surface area contributed by atoms with Crippen molar-refractivity contribution >= 4 is 43.8 Å². The normalized spacial score (nSPS) is 10.8. The number of anilines is 3. The molecule has 0 aliphatic rings. The predicted molar refractivity (Wildman–Crippen MR) is 90.5 cm³/mol. The molecule has 0 saturated heterocycles. The first kappa shape index (κ1) is 13.9. The van der Waals surface area contributed by atoms with Gasteiger partial charge in [-0.2, -0.15) is 0 Å². The lowest BCUT2D eigenvalue weighted by Gasteiger charge is -2.14. The number of rotatable bonds is 2. The highest BCUT2D eigenvalue weighted by Gasteiger charge is 2.08. The Kier molecular flexibility index (Phi) is 3.55. The first-order valence-corrected chi connectivity index (χ1v) is 7.35. The topological polar surface area (TPSA) is 38.0 Å².